The van der Waals surface area contributed by atoms with Gasteiger partial charge in [0.1, 0.15) is 5.03 Å². The normalized spacial score (nSPS) is 14.0. The van der Waals surface area contributed by atoms with E-state index in [1.54, 1.807) is 0 Å². The highest BCUT2D eigenvalue weighted by molar-refractivity contribution is 7.84. The Hall–Kier alpha value is -0.845. The third-order valence-corrected chi connectivity index (χ3v) is 2.39. The van der Waals surface area contributed by atoms with E-state index in [4.69, 9.17) is 0 Å². The molecule has 0 fully saturated rings. The average molecular weight is 222 g/mol. The summed E-state index contributed by atoms with van der Waals surface area (Å²) in [6.45, 7) is -4.83. The summed E-state index contributed by atoms with van der Waals surface area (Å²) >= 11 is 0. The van der Waals surface area contributed by atoms with Gasteiger partial charge >= 0.3 is 6.98 Å². The van der Waals surface area contributed by atoms with Gasteiger partial charge < -0.3 is 12.9 Å². The van der Waals surface area contributed by atoms with Crippen molar-refractivity contribution >= 4 is 17.8 Å². The summed E-state index contributed by atoms with van der Waals surface area (Å²) in [7, 11) is -1.25. The van der Waals surface area contributed by atoms with Crippen molar-refractivity contribution in [2.24, 2.45) is 0 Å². The summed E-state index contributed by atoms with van der Waals surface area (Å²) in [6, 6.07) is 2.66. The maximum absolute atomic E-state index is 12.0. The number of pyridine rings is 1. The maximum atomic E-state index is 12.0. The first-order valence-electron chi connectivity index (χ1n) is 3.88. The molecule has 0 saturated heterocycles. The van der Waals surface area contributed by atoms with Crippen molar-refractivity contribution in [3.63, 3.8) is 0 Å². The first kappa shape index (κ1) is 11.2. The molecule has 0 spiro atoms. The molecule has 78 valence electrons. The Kier molecular flexibility index (Phi) is 3.31. The topological polar surface area (TPSA) is 30.0 Å². The second-order valence-corrected chi connectivity index (χ2v) is 4.20. The first-order valence-corrected chi connectivity index (χ1v) is 5.43. The molecule has 1 rings (SSSR count). The third kappa shape index (κ3) is 3.49. The molecule has 0 saturated carbocycles. The van der Waals surface area contributed by atoms with Crippen LogP contribution in [0.2, 0.25) is 0 Å². The Labute approximate surface area is 82.1 Å². The Morgan fingerprint density at radius 3 is 2.43 bits per heavy atom. The van der Waals surface area contributed by atoms with Crippen LogP contribution < -0.4 is 0 Å². The molecule has 0 N–H and O–H groups in total. The lowest BCUT2D eigenvalue weighted by atomic mass is 9.82. The second-order valence-electron chi connectivity index (χ2n) is 2.87. The molecule has 0 aliphatic heterocycles. The van der Waals surface area contributed by atoms with E-state index >= 15 is 0 Å². The van der Waals surface area contributed by atoms with Crippen LogP contribution in [-0.2, 0) is 17.1 Å². The zero-order chi connectivity index (χ0) is 10.8. The fraction of sp³-hybridized carbons (Fsp3) is 0.286. The highest BCUT2D eigenvalue weighted by Crippen LogP contribution is 2.15. The molecule has 0 radical (unpaired) electrons. The average Bonchev–Trinajstić information content (AvgIpc) is 2.02. The molecule has 1 unspecified atom stereocenters. The van der Waals surface area contributed by atoms with Gasteiger partial charge in [-0.2, -0.15) is 0 Å². The Balaban J connectivity index is 2.79. The van der Waals surface area contributed by atoms with Crippen LogP contribution in [0.1, 0.15) is 5.56 Å². The van der Waals surface area contributed by atoms with E-state index in [1.165, 1.54) is 18.4 Å². The molecule has 0 amide bonds. The van der Waals surface area contributed by atoms with Gasteiger partial charge in [0, 0.05) is 12.5 Å². The summed E-state index contributed by atoms with van der Waals surface area (Å²) in [4.78, 5) is 3.67. The van der Waals surface area contributed by atoms with Gasteiger partial charge in [-0.05, 0) is 6.07 Å². The molecule has 1 heterocycles. The van der Waals surface area contributed by atoms with Crippen molar-refractivity contribution in [2.45, 2.75) is 11.3 Å². The van der Waals surface area contributed by atoms with Crippen LogP contribution >= 0.6 is 0 Å². The number of hydrogen-bond acceptors (Lipinski definition) is 2. The van der Waals surface area contributed by atoms with Crippen LogP contribution in [-0.4, -0.2) is 22.4 Å². The van der Waals surface area contributed by atoms with Crippen molar-refractivity contribution in [3.05, 3.63) is 23.9 Å². The van der Waals surface area contributed by atoms with Crippen LogP contribution in [0.5, 0.6) is 0 Å². The van der Waals surface area contributed by atoms with Gasteiger partial charge in [0.25, 0.3) is 0 Å². The highest BCUT2D eigenvalue weighted by Gasteiger charge is 2.23. The maximum Gasteiger partial charge on any atom is 0.482 e. The smallest absolute Gasteiger partial charge is 0.449 e. The van der Waals surface area contributed by atoms with Crippen LogP contribution in [0.3, 0.4) is 0 Å². The van der Waals surface area contributed by atoms with E-state index in [-0.39, 0.29) is 5.56 Å². The van der Waals surface area contributed by atoms with E-state index < -0.39 is 24.1 Å². The molecule has 14 heavy (non-hydrogen) atoms. The molecule has 7 heteroatoms. The van der Waals surface area contributed by atoms with Crippen molar-refractivity contribution in [3.8, 4) is 0 Å². The van der Waals surface area contributed by atoms with E-state index in [0.717, 1.165) is 6.20 Å². The Bertz CT molecular complexity index is 338. The molecule has 0 aliphatic rings. The van der Waals surface area contributed by atoms with Crippen molar-refractivity contribution in [1.82, 2.24) is 4.98 Å². The zero-order valence-electron chi connectivity index (χ0n) is 7.41. The quantitative estimate of drug-likeness (QED) is 0.729. The Morgan fingerprint density at radius 1 is 1.43 bits per heavy atom. The van der Waals surface area contributed by atoms with E-state index in [0.29, 0.717) is 5.03 Å². The molecular formula is C7H8BF3NOS-. The fourth-order valence-electron chi connectivity index (χ4n) is 0.969. The number of aromatic nitrogens is 1. The van der Waals surface area contributed by atoms with Gasteiger partial charge in [-0.15, -0.1) is 0 Å². The minimum absolute atomic E-state index is 0.103. The number of halogens is 3. The molecule has 1 aromatic heterocycles. The number of nitrogens with zero attached hydrogens (tertiary/aromatic N) is 1. The van der Waals surface area contributed by atoms with Crippen molar-refractivity contribution < 1.29 is 17.2 Å². The first-order chi connectivity index (χ1) is 6.38. The zero-order valence-corrected chi connectivity index (χ0v) is 8.23. The molecule has 1 aromatic rings. The van der Waals surface area contributed by atoms with E-state index in [9.17, 15) is 17.2 Å². The molecular weight excluding hydrogens is 214 g/mol. The molecule has 0 bridgehead atoms. The monoisotopic (exact) mass is 222 g/mol. The summed E-state index contributed by atoms with van der Waals surface area (Å²) in [5.74, 6) is 0. The second kappa shape index (κ2) is 4.12. The van der Waals surface area contributed by atoms with Gasteiger partial charge in [-0.3, -0.25) is 4.21 Å². The predicted molar refractivity (Wildman–Crippen MR) is 49.4 cm³/mol. The lowest BCUT2D eigenvalue weighted by Crippen LogP contribution is -2.19. The number of hydrogen-bond donors (Lipinski definition) is 0. The minimum atomic E-state index is -4.83. The largest absolute Gasteiger partial charge is 0.482 e. The van der Waals surface area contributed by atoms with Crippen LogP contribution in [0.4, 0.5) is 12.9 Å². The van der Waals surface area contributed by atoms with Crippen molar-refractivity contribution in [1.29, 1.82) is 0 Å². The van der Waals surface area contributed by atoms with E-state index in [1.807, 2.05) is 0 Å². The van der Waals surface area contributed by atoms with Gasteiger partial charge in [0.15, 0.2) is 0 Å². The van der Waals surface area contributed by atoms with Crippen molar-refractivity contribution in [2.75, 3.05) is 6.26 Å². The van der Waals surface area contributed by atoms with Gasteiger partial charge in [0.05, 0.1) is 10.8 Å². The van der Waals surface area contributed by atoms with Gasteiger partial charge in [-0.1, -0.05) is 17.9 Å². The lowest BCUT2D eigenvalue weighted by Gasteiger charge is -2.12. The minimum Gasteiger partial charge on any atom is -0.449 e. The van der Waals surface area contributed by atoms with Gasteiger partial charge in [-0.25, -0.2) is 4.98 Å². The number of rotatable bonds is 3. The third-order valence-electron chi connectivity index (χ3n) is 1.56. The van der Waals surface area contributed by atoms with Crippen LogP contribution in [0, 0.1) is 0 Å². The summed E-state index contributed by atoms with van der Waals surface area (Å²) in [6.07, 6.45) is 1.60. The predicted octanol–water partition coefficient (Wildman–Crippen LogP) is 1.75. The molecule has 0 aromatic carbocycles. The van der Waals surface area contributed by atoms with Crippen LogP contribution in [0.25, 0.3) is 0 Å². The van der Waals surface area contributed by atoms with Crippen LogP contribution in [0.15, 0.2) is 23.4 Å². The molecule has 1 atom stereocenters. The van der Waals surface area contributed by atoms with Gasteiger partial charge in [0.2, 0.25) is 0 Å². The SMILES string of the molecule is CS(=O)c1ccc(C[B-](F)(F)F)cn1. The Morgan fingerprint density at radius 2 is 2.07 bits per heavy atom. The standard InChI is InChI=1S/C7H8BF3NOS/c1-14(13)7-3-2-6(5-12-7)4-8(9,10)11/h2-3,5H,4H2,1H3/q-1. The summed E-state index contributed by atoms with van der Waals surface area (Å²) in [5, 5.41) is 0.295. The lowest BCUT2D eigenvalue weighted by molar-refractivity contribution is 0.468. The molecule has 0 aliphatic carbocycles. The fourth-order valence-corrected chi connectivity index (χ4v) is 1.43. The molecule has 2 nitrogen and oxygen atoms in total. The summed E-state index contributed by atoms with van der Waals surface area (Å²) < 4.78 is 46.8. The van der Waals surface area contributed by atoms with E-state index in [2.05, 4.69) is 4.98 Å². The summed E-state index contributed by atoms with van der Waals surface area (Å²) in [5.41, 5.74) is 0.103. The highest BCUT2D eigenvalue weighted by atomic mass is 32.2.